The zero-order chi connectivity index (χ0) is 6.69. The Morgan fingerprint density at radius 3 is 3.00 bits per heavy atom. The molecular weight excluding hydrogens is 254 g/mol. The molecule has 1 aromatic heterocycles. The lowest BCUT2D eigenvalue weighted by Gasteiger charge is -2.01. The summed E-state index contributed by atoms with van der Waals surface area (Å²) in [6, 6.07) is 0. The molecule has 0 saturated heterocycles. The average Bonchev–Trinajstić information content (AvgIpc) is 2.37. The second-order valence-corrected chi connectivity index (χ2v) is 3.48. The molecule has 0 radical (unpaired) electrons. The van der Waals surface area contributed by atoms with Crippen molar-refractivity contribution in [3.63, 3.8) is 0 Å². The molecule has 0 fully saturated rings. The van der Waals surface area contributed by atoms with Crippen LogP contribution in [0.3, 0.4) is 0 Å². The summed E-state index contributed by atoms with van der Waals surface area (Å²) in [5, 5.41) is 0. The topological polar surface area (TPSA) is 17.8 Å². The van der Waals surface area contributed by atoms with E-state index >= 15 is 0 Å². The first-order valence-electron chi connectivity index (χ1n) is 2.23. The molecule has 0 saturated carbocycles. The number of aromatic nitrogens is 2. The van der Waals surface area contributed by atoms with Crippen molar-refractivity contribution in [2.75, 3.05) is 0 Å². The number of hydrogen-bond acceptors (Lipinski definition) is 2. The summed E-state index contributed by atoms with van der Waals surface area (Å²) in [4.78, 5) is 3.70. The van der Waals surface area contributed by atoms with Crippen molar-refractivity contribution >= 4 is 30.1 Å². The maximum Gasteiger partial charge on any atom is 0.233 e. The molecule has 0 N–H and O–H groups in total. The second kappa shape index (κ2) is 3.40. The van der Waals surface area contributed by atoms with Crippen molar-refractivity contribution in [1.29, 1.82) is 0 Å². The van der Waals surface area contributed by atoms with Crippen molar-refractivity contribution in [2.45, 2.75) is 5.63 Å². The van der Waals surface area contributed by atoms with Crippen molar-refractivity contribution in [3.8, 4) is 0 Å². The third-order valence-electron chi connectivity index (χ3n) is 0.833. The Morgan fingerprint density at radius 2 is 2.56 bits per heavy atom. The fourth-order valence-corrected chi connectivity index (χ4v) is 1.44. The van der Waals surface area contributed by atoms with E-state index in [0.29, 0.717) is 0 Å². The third-order valence-corrected chi connectivity index (χ3v) is 2.48. The fraction of sp³-hybridized carbons (Fsp3) is 0.250. The summed E-state index contributed by atoms with van der Waals surface area (Å²) in [6.45, 7) is 0. The Bertz CT molecular complexity index is 167. The summed E-state index contributed by atoms with van der Waals surface area (Å²) < 4.78 is 14.0. The van der Waals surface area contributed by atoms with E-state index in [-0.39, 0.29) is 0 Å². The van der Waals surface area contributed by atoms with Gasteiger partial charge < -0.3 is 0 Å². The quantitative estimate of drug-likeness (QED) is 0.758. The maximum absolute atomic E-state index is 12.6. The normalized spacial score (nSPS) is 13.6. The molecule has 1 atom stereocenters. The van der Waals surface area contributed by atoms with Gasteiger partial charge in [0, 0.05) is 33.6 Å². The highest BCUT2D eigenvalue weighted by atomic mass is 127. The van der Waals surface area contributed by atoms with Gasteiger partial charge in [-0.1, -0.05) is 0 Å². The van der Waals surface area contributed by atoms with Crippen LogP contribution in [0.5, 0.6) is 0 Å². The molecule has 0 spiro atoms. The van der Waals surface area contributed by atoms with E-state index in [0.717, 1.165) is 8.93 Å². The van der Waals surface area contributed by atoms with Crippen molar-refractivity contribution in [2.24, 2.45) is 0 Å². The molecule has 0 aromatic carbocycles. The van der Waals surface area contributed by atoms with Crippen LogP contribution in [-0.4, -0.2) is 9.55 Å². The van der Waals surface area contributed by atoms with Gasteiger partial charge in [-0.3, -0.25) is 4.57 Å². The first kappa shape index (κ1) is 7.33. The Labute approximate surface area is 68.4 Å². The molecule has 0 amide bonds. The molecule has 0 aliphatic heterocycles. The lowest BCUT2D eigenvalue weighted by molar-refractivity contribution is 0.364. The summed E-state index contributed by atoms with van der Waals surface area (Å²) in [5.41, 5.74) is -1.01. The van der Waals surface area contributed by atoms with Gasteiger partial charge in [0.15, 0.2) is 0 Å². The minimum atomic E-state index is -1.01. The molecular formula is C4H4FIN2S. The predicted octanol–water partition coefficient (Wildman–Crippen LogP) is 2.39. The van der Waals surface area contributed by atoms with Crippen LogP contribution in [0.2, 0.25) is 0 Å². The van der Waals surface area contributed by atoms with Crippen LogP contribution in [0.4, 0.5) is 4.39 Å². The monoisotopic (exact) mass is 258 g/mol. The number of rotatable bonds is 2. The molecule has 50 valence electrons. The van der Waals surface area contributed by atoms with Crippen LogP contribution >= 0.6 is 30.1 Å². The highest BCUT2D eigenvalue weighted by molar-refractivity contribution is 14.2. The van der Waals surface area contributed by atoms with Crippen LogP contribution in [0.25, 0.3) is 0 Å². The van der Waals surface area contributed by atoms with E-state index in [1.807, 2.05) is 21.2 Å². The van der Waals surface area contributed by atoms with E-state index in [1.165, 1.54) is 10.9 Å². The number of nitrogens with zero attached hydrogens (tertiary/aromatic N) is 2. The Hall–Kier alpha value is 0.220. The third kappa shape index (κ3) is 1.82. The summed E-state index contributed by atoms with van der Waals surface area (Å²) in [5.74, 6) is 0. The van der Waals surface area contributed by atoms with E-state index in [2.05, 4.69) is 4.98 Å². The van der Waals surface area contributed by atoms with E-state index in [9.17, 15) is 4.39 Å². The van der Waals surface area contributed by atoms with Crippen LogP contribution in [-0.2, 0) is 0 Å². The lowest BCUT2D eigenvalue weighted by atomic mass is 10.9. The van der Waals surface area contributed by atoms with Gasteiger partial charge >= 0.3 is 0 Å². The van der Waals surface area contributed by atoms with Gasteiger partial charge in [0.2, 0.25) is 5.63 Å². The van der Waals surface area contributed by atoms with Crippen LogP contribution in [0, 0.1) is 0 Å². The number of imidazole rings is 1. The number of halogens is 2. The highest BCUT2D eigenvalue weighted by Gasteiger charge is 2.03. The van der Waals surface area contributed by atoms with Gasteiger partial charge in [0.25, 0.3) is 0 Å². The standard InChI is InChI=1S/C4H4FIN2S/c5-4(9-6)8-2-1-7-3-8/h1-4H. The Morgan fingerprint density at radius 1 is 1.78 bits per heavy atom. The molecule has 1 rings (SSSR count). The van der Waals surface area contributed by atoms with E-state index in [4.69, 9.17) is 0 Å². The summed E-state index contributed by atoms with van der Waals surface area (Å²) in [7, 11) is 1.11. The molecule has 0 aliphatic carbocycles. The molecule has 1 heterocycles. The Kier molecular flexibility index (Phi) is 2.77. The van der Waals surface area contributed by atoms with Gasteiger partial charge in [-0.15, -0.1) is 0 Å². The van der Waals surface area contributed by atoms with Crippen LogP contribution in [0.1, 0.15) is 5.63 Å². The molecule has 9 heavy (non-hydrogen) atoms. The van der Waals surface area contributed by atoms with Gasteiger partial charge in [0.1, 0.15) is 0 Å². The molecule has 5 heteroatoms. The summed E-state index contributed by atoms with van der Waals surface area (Å²) in [6.07, 6.45) is 4.60. The number of alkyl halides is 1. The minimum absolute atomic E-state index is 1.01. The largest absolute Gasteiger partial charge is 0.297 e. The number of hydrogen-bond donors (Lipinski definition) is 0. The van der Waals surface area contributed by atoms with Crippen LogP contribution < -0.4 is 0 Å². The minimum Gasteiger partial charge on any atom is -0.297 e. The van der Waals surface area contributed by atoms with E-state index < -0.39 is 5.63 Å². The zero-order valence-corrected chi connectivity index (χ0v) is 7.34. The average molecular weight is 258 g/mol. The van der Waals surface area contributed by atoms with Crippen LogP contribution in [0.15, 0.2) is 18.7 Å². The molecule has 1 unspecified atom stereocenters. The SMILES string of the molecule is FC(SI)n1ccnc1. The maximum atomic E-state index is 12.6. The first-order chi connectivity index (χ1) is 4.34. The Balaban J connectivity index is 2.65. The van der Waals surface area contributed by atoms with Crippen molar-refractivity contribution in [3.05, 3.63) is 18.7 Å². The predicted molar refractivity (Wildman–Crippen MR) is 44.0 cm³/mol. The second-order valence-electron chi connectivity index (χ2n) is 1.39. The van der Waals surface area contributed by atoms with E-state index in [1.54, 1.807) is 12.4 Å². The first-order valence-corrected chi connectivity index (χ1v) is 5.65. The lowest BCUT2D eigenvalue weighted by Crippen LogP contribution is -1.92. The van der Waals surface area contributed by atoms with Crippen molar-refractivity contribution < 1.29 is 4.39 Å². The fourth-order valence-electron chi connectivity index (χ4n) is 0.436. The molecule has 2 nitrogen and oxygen atoms in total. The molecule has 0 aliphatic rings. The highest BCUT2D eigenvalue weighted by Crippen LogP contribution is 2.29. The zero-order valence-electron chi connectivity index (χ0n) is 4.37. The molecule has 1 aromatic rings. The molecule has 0 bridgehead atoms. The van der Waals surface area contributed by atoms with Gasteiger partial charge in [-0.2, -0.15) is 0 Å². The van der Waals surface area contributed by atoms with Gasteiger partial charge in [-0.25, -0.2) is 9.37 Å². The van der Waals surface area contributed by atoms with Gasteiger partial charge in [0.05, 0.1) is 6.33 Å². The summed E-state index contributed by atoms with van der Waals surface area (Å²) >= 11 is 1.91. The van der Waals surface area contributed by atoms with Gasteiger partial charge in [-0.05, 0) is 8.93 Å². The van der Waals surface area contributed by atoms with Crippen molar-refractivity contribution in [1.82, 2.24) is 9.55 Å². The smallest absolute Gasteiger partial charge is 0.233 e.